The lowest BCUT2D eigenvalue weighted by Crippen LogP contribution is -2.36. The lowest BCUT2D eigenvalue weighted by Gasteiger charge is -2.27. The lowest BCUT2D eigenvalue weighted by molar-refractivity contribution is 0.116. The molecule has 1 aromatic heterocycles. The second kappa shape index (κ2) is 6.75. The summed E-state index contributed by atoms with van der Waals surface area (Å²) in [5, 5.41) is 3.55. The molecule has 2 rings (SSSR count). The van der Waals surface area contributed by atoms with E-state index in [1.165, 1.54) is 24.1 Å². The number of nitrogens with one attached hydrogen (secondary N) is 1. The van der Waals surface area contributed by atoms with Crippen LogP contribution in [0.2, 0.25) is 0 Å². The van der Waals surface area contributed by atoms with Gasteiger partial charge in [0.2, 0.25) is 0 Å². The first-order valence-electron chi connectivity index (χ1n) is 7.88. The van der Waals surface area contributed by atoms with Crippen molar-refractivity contribution in [1.82, 2.24) is 10.3 Å². The van der Waals surface area contributed by atoms with Crippen LogP contribution in [0.1, 0.15) is 44.9 Å². The third-order valence-electron chi connectivity index (χ3n) is 3.82. The van der Waals surface area contributed by atoms with Gasteiger partial charge in [-0.05, 0) is 46.6 Å². The minimum atomic E-state index is 0.106. The zero-order valence-corrected chi connectivity index (χ0v) is 14.1. The minimum absolute atomic E-state index is 0.106. The molecule has 1 unspecified atom stereocenters. The van der Waals surface area contributed by atoms with Crippen LogP contribution in [0.15, 0.2) is 12.3 Å². The first kappa shape index (κ1) is 16.2. The summed E-state index contributed by atoms with van der Waals surface area (Å²) in [6.45, 7) is 11.3. The Morgan fingerprint density at radius 2 is 2.19 bits per heavy atom. The van der Waals surface area contributed by atoms with Gasteiger partial charge in [0, 0.05) is 55.4 Å². The second-order valence-corrected chi connectivity index (χ2v) is 7.07. The predicted octanol–water partition coefficient (Wildman–Crippen LogP) is 2.89. The van der Waals surface area contributed by atoms with Gasteiger partial charge in [0.25, 0.3) is 0 Å². The van der Waals surface area contributed by atoms with Crippen LogP contribution in [0.4, 0.5) is 5.69 Å². The fourth-order valence-corrected chi connectivity index (χ4v) is 2.62. The van der Waals surface area contributed by atoms with Crippen LogP contribution in [-0.2, 0) is 11.3 Å². The zero-order chi connectivity index (χ0) is 15.5. The number of anilines is 1. The van der Waals surface area contributed by atoms with E-state index in [9.17, 15) is 0 Å². The van der Waals surface area contributed by atoms with Crippen molar-refractivity contribution in [1.29, 1.82) is 0 Å². The van der Waals surface area contributed by atoms with Crippen molar-refractivity contribution in [3.63, 3.8) is 0 Å². The molecule has 118 valence electrons. The monoisotopic (exact) mass is 291 g/mol. The molecule has 1 N–H and O–H groups in total. The molecule has 1 fully saturated rings. The molecule has 0 radical (unpaired) electrons. The van der Waals surface area contributed by atoms with Gasteiger partial charge < -0.3 is 15.0 Å². The molecule has 0 bridgehead atoms. The van der Waals surface area contributed by atoms with E-state index in [1.54, 1.807) is 0 Å². The third-order valence-corrected chi connectivity index (χ3v) is 3.82. The molecule has 0 amide bonds. The van der Waals surface area contributed by atoms with Crippen LogP contribution in [0, 0.1) is 6.92 Å². The Morgan fingerprint density at radius 1 is 1.43 bits per heavy atom. The summed E-state index contributed by atoms with van der Waals surface area (Å²) in [5.74, 6) is 0. The summed E-state index contributed by atoms with van der Waals surface area (Å²) in [7, 11) is 2.15. The highest BCUT2D eigenvalue weighted by atomic mass is 16.5. The van der Waals surface area contributed by atoms with Crippen LogP contribution in [0.25, 0.3) is 0 Å². The summed E-state index contributed by atoms with van der Waals surface area (Å²) in [6.07, 6.45) is 4.72. The average Bonchev–Trinajstić information content (AvgIpc) is 2.89. The van der Waals surface area contributed by atoms with Crippen molar-refractivity contribution in [3.05, 3.63) is 23.5 Å². The molecular formula is C17H29N3O. The Morgan fingerprint density at radius 3 is 2.81 bits per heavy atom. The third kappa shape index (κ3) is 4.97. The second-order valence-electron chi connectivity index (χ2n) is 7.07. The van der Waals surface area contributed by atoms with E-state index in [1.807, 2.05) is 13.1 Å². The summed E-state index contributed by atoms with van der Waals surface area (Å²) in [4.78, 5) is 6.77. The number of nitrogens with zero attached hydrogens (tertiary/aromatic N) is 2. The van der Waals surface area contributed by atoms with E-state index in [4.69, 9.17) is 4.74 Å². The molecule has 1 atom stereocenters. The molecule has 4 nitrogen and oxygen atoms in total. The highest BCUT2D eigenvalue weighted by Gasteiger charge is 2.19. The number of hydrogen-bond acceptors (Lipinski definition) is 4. The Kier molecular flexibility index (Phi) is 5.22. The van der Waals surface area contributed by atoms with Crippen molar-refractivity contribution >= 4 is 5.69 Å². The molecule has 1 aliphatic heterocycles. The summed E-state index contributed by atoms with van der Waals surface area (Å²) in [6, 6.07) is 2.18. The largest absolute Gasteiger partial charge is 0.376 e. The Labute approximate surface area is 128 Å². The molecule has 1 aliphatic rings. The number of pyridine rings is 1. The molecule has 0 spiro atoms. The number of ether oxygens (including phenoxy) is 1. The molecule has 2 heterocycles. The fourth-order valence-electron chi connectivity index (χ4n) is 2.62. The van der Waals surface area contributed by atoms with Gasteiger partial charge in [-0.1, -0.05) is 0 Å². The molecule has 1 saturated heterocycles. The van der Waals surface area contributed by atoms with Gasteiger partial charge >= 0.3 is 0 Å². The van der Waals surface area contributed by atoms with Gasteiger partial charge in [0.1, 0.15) is 0 Å². The van der Waals surface area contributed by atoms with Gasteiger partial charge in [-0.2, -0.15) is 0 Å². The van der Waals surface area contributed by atoms with Crippen LogP contribution < -0.4 is 10.2 Å². The van der Waals surface area contributed by atoms with E-state index in [-0.39, 0.29) is 5.54 Å². The smallest absolute Gasteiger partial charge is 0.0750 e. The van der Waals surface area contributed by atoms with E-state index < -0.39 is 0 Å². The van der Waals surface area contributed by atoms with Crippen molar-refractivity contribution < 1.29 is 4.74 Å². The zero-order valence-electron chi connectivity index (χ0n) is 14.1. The molecule has 4 heteroatoms. The minimum Gasteiger partial charge on any atom is -0.376 e. The SMILES string of the molecule is Cc1cc(N(C)CC2CCCO2)c(CNC(C)(C)C)cn1. The number of hydrogen-bond donors (Lipinski definition) is 1. The summed E-state index contributed by atoms with van der Waals surface area (Å²) in [5.41, 5.74) is 3.67. The van der Waals surface area contributed by atoms with Gasteiger partial charge in [-0.3, -0.25) is 4.98 Å². The molecular weight excluding hydrogens is 262 g/mol. The molecule has 0 aliphatic carbocycles. The van der Waals surface area contributed by atoms with Gasteiger partial charge in [0.05, 0.1) is 6.10 Å². The number of aromatic nitrogens is 1. The maximum atomic E-state index is 5.76. The standard InChI is InChI=1S/C17H29N3O/c1-13-9-16(20(5)12-15-7-6-8-21-15)14(10-18-13)11-19-17(2,3)4/h9-10,15,19H,6-8,11-12H2,1-5H3. The maximum Gasteiger partial charge on any atom is 0.0750 e. The molecule has 0 aromatic carbocycles. The van der Waals surface area contributed by atoms with Crippen molar-refractivity contribution in [2.24, 2.45) is 0 Å². The van der Waals surface area contributed by atoms with Gasteiger partial charge in [0.15, 0.2) is 0 Å². The Balaban J connectivity index is 2.09. The van der Waals surface area contributed by atoms with Gasteiger partial charge in [-0.25, -0.2) is 0 Å². The first-order chi connectivity index (χ1) is 9.85. The molecule has 1 aromatic rings. The molecule has 0 saturated carbocycles. The van der Waals surface area contributed by atoms with Gasteiger partial charge in [-0.15, -0.1) is 0 Å². The van der Waals surface area contributed by atoms with E-state index in [0.717, 1.165) is 25.4 Å². The van der Waals surface area contributed by atoms with Crippen molar-refractivity contribution in [2.45, 2.75) is 58.7 Å². The van der Waals surface area contributed by atoms with Crippen LogP contribution >= 0.6 is 0 Å². The molecule has 21 heavy (non-hydrogen) atoms. The highest BCUT2D eigenvalue weighted by molar-refractivity contribution is 5.53. The predicted molar refractivity (Wildman–Crippen MR) is 87.8 cm³/mol. The number of rotatable bonds is 5. The quantitative estimate of drug-likeness (QED) is 0.905. The van der Waals surface area contributed by atoms with Crippen molar-refractivity contribution in [3.8, 4) is 0 Å². The normalized spacial score (nSPS) is 19.0. The van der Waals surface area contributed by atoms with E-state index in [2.05, 4.69) is 49.1 Å². The van der Waals surface area contributed by atoms with Crippen LogP contribution in [0.3, 0.4) is 0 Å². The lowest BCUT2D eigenvalue weighted by atomic mass is 10.1. The summed E-state index contributed by atoms with van der Waals surface area (Å²) < 4.78 is 5.76. The Bertz CT molecular complexity index is 462. The van der Waals surface area contributed by atoms with E-state index >= 15 is 0 Å². The average molecular weight is 291 g/mol. The van der Waals surface area contributed by atoms with E-state index in [0.29, 0.717) is 6.10 Å². The van der Waals surface area contributed by atoms with Crippen LogP contribution in [0.5, 0.6) is 0 Å². The number of aryl methyl sites for hydroxylation is 1. The number of likely N-dealkylation sites (N-methyl/N-ethyl adjacent to an activating group) is 1. The highest BCUT2D eigenvalue weighted by Crippen LogP contribution is 2.23. The summed E-state index contributed by atoms with van der Waals surface area (Å²) >= 11 is 0. The van der Waals surface area contributed by atoms with Crippen molar-refractivity contribution in [2.75, 3.05) is 25.1 Å². The Hall–Kier alpha value is -1.13. The fraction of sp³-hybridized carbons (Fsp3) is 0.706. The first-order valence-corrected chi connectivity index (χ1v) is 7.88. The topological polar surface area (TPSA) is 37.4 Å². The maximum absolute atomic E-state index is 5.76. The van der Waals surface area contributed by atoms with Crippen LogP contribution in [-0.4, -0.2) is 36.8 Å².